The van der Waals surface area contributed by atoms with E-state index in [1.165, 1.54) is 10.9 Å². The van der Waals surface area contributed by atoms with E-state index in [9.17, 15) is 13.2 Å². The lowest BCUT2D eigenvalue weighted by molar-refractivity contribution is -0.118. The molecule has 0 atom stereocenters. The molecule has 1 aliphatic carbocycles. The molecule has 1 aromatic rings. The number of aryl methyl sites for hydroxylation is 1. The maximum atomic E-state index is 12.6. The number of aromatic nitrogens is 2. The van der Waals surface area contributed by atoms with E-state index < -0.39 is 15.9 Å². The van der Waals surface area contributed by atoms with Gasteiger partial charge in [0.15, 0.2) is 0 Å². The highest BCUT2D eigenvalue weighted by Gasteiger charge is 2.37. The van der Waals surface area contributed by atoms with Gasteiger partial charge in [-0.25, -0.2) is 13.4 Å². The first-order valence-electron chi connectivity index (χ1n) is 6.31. The van der Waals surface area contributed by atoms with Crippen molar-refractivity contribution in [2.75, 3.05) is 6.54 Å². The van der Waals surface area contributed by atoms with Gasteiger partial charge in [-0.05, 0) is 12.8 Å². The molecule has 20 heavy (non-hydrogen) atoms. The molecule has 2 N–H and O–H groups in total. The van der Waals surface area contributed by atoms with Crippen molar-refractivity contribution in [1.82, 2.24) is 13.9 Å². The summed E-state index contributed by atoms with van der Waals surface area (Å²) >= 11 is 5.96. The third-order valence-corrected chi connectivity index (χ3v) is 5.82. The van der Waals surface area contributed by atoms with Crippen LogP contribution in [0.15, 0.2) is 11.4 Å². The average molecular weight is 321 g/mol. The average Bonchev–Trinajstić information content (AvgIpc) is 2.98. The second kappa shape index (κ2) is 5.71. The zero-order valence-electron chi connectivity index (χ0n) is 11.1. The first-order valence-corrected chi connectivity index (χ1v) is 8.13. The molecule has 0 saturated heterocycles. The van der Waals surface area contributed by atoms with E-state index >= 15 is 0 Å². The predicted molar refractivity (Wildman–Crippen MR) is 73.6 cm³/mol. The molecule has 112 valence electrons. The molecule has 0 bridgehead atoms. The summed E-state index contributed by atoms with van der Waals surface area (Å²) in [7, 11) is -2.32. The van der Waals surface area contributed by atoms with Crippen LogP contribution in [0.4, 0.5) is 0 Å². The second-order valence-corrected chi connectivity index (χ2v) is 7.07. The maximum Gasteiger partial charge on any atom is 0.264 e. The summed E-state index contributed by atoms with van der Waals surface area (Å²) in [5.74, 6) is -0.687. The largest absolute Gasteiger partial charge is 0.369 e. The fourth-order valence-electron chi connectivity index (χ4n) is 2.43. The van der Waals surface area contributed by atoms with E-state index in [0.717, 1.165) is 30.0 Å². The van der Waals surface area contributed by atoms with Gasteiger partial charge in [0.25, 0.3) is 10.0 Å². The van der Waals surface area contributed by atoms with E-state index in [0.29, 0.717) is 0 Å². The van der Waals surface area contributed by atoms with Gasteiger partial charge in [-0.3, -0.25) is 4.79 Å². The number of halogens is 1. The van der Waals surface area contributed by atoms with E-state index in [-0.39, 0.29) is 22.8 Å². The lowest BCUT2D eigenvalue weighted by atomic mass is 10.2. The zero-order chi connectivity index (χ0) is 14.9. The van der Waals surface area contributed by atoms with Crippen LogP contribution in [0.1, 0.15) is 25.7 Å². The molecule has 7 nitrogen and oxygen atoms in total. The molecular formula is C11H17ClN4O3S. The normalized spacial score (nSPS) is 16.9. The van der Waals surface area contributed by atoms with Gasteiger partial charge >= 0.3 is 0 Å². The molecule has 0 unspecified atom stereocenters. The fourth-order valence-corrected chi connectivity index (χ4v) is 4.48. The van der Waals surface area contributed by atoms with Gasteiger partial charge in [-0.1, -0.05) is 24.4 Å². The molecular weight excluding hydrogens is 304 g/mol. The fraction of sp³-hybridized carbons (Fsp3) is 0.636. The number of carbonyl (C=O) groups excluding carboxylic acids is 1. The van der Waals surface area contributed by atoms with Crippen LogP contribution in [0.2, 0.25) is 5.15 Å². The SMILES string of the molecule is Cn1cnc(S(=O)(=O)N(CC(N)=O)C2CCCC2)c1Cl. The summed E-state index contributed by atoms with van der Waals surface area (Å²) in [6, 6.07) is -0.217. The number of nitrogens with zero attached hydrogens (tertiary/aromatic N) is 3. The van der Waals surface area contributed by atoms with Crippen molar-refractivity contribution in [1.29, 1.82) is 0 Å². The van der Waals surface area contributed by atoms with Gasteiger partial charge in [0.2, 0.25) is 10.9 Å². The van der Waals surface area contributed by atoms with E-state index in [4.69, 9.17) is 17.3 Å². The maximum absolute atomic E-state index is 12.6. The summed E-state index contributed by atoms with van der Waals surface area (Å²) in [4.78, 5) is 15.0. The van der Waals surface area contributed by atoms with Gasteiger partial charge in [-0.15, -0.1) is 0 Å². The van der Waals surface area contributed by atoms with Crippen molar-refractivity contribution in [2.24, 2.45) is 12.8 Å². The number of hydrogen-bond acceptors (Lipinski definition) is 4. The van der Waals surface area contributed by atoms with Crippen LogP contribution in [0.25, 0.3) is 0 Å². The highest BCUT2D eigenvalue weighted by molar-refractivity contribution is 7.89. The molecule has 0 radical (unpaired) electrons. The molecule has 2 rings (SSSR count). The monoisotopic (exact) mass is 320 g/mol. The van der Waals surface area contributed by atoms with Crippen molar-refractivity contribution in [3.05, 3.63) is 11.5 Å². The molecule has 0 aromatic carbocycles. The van der Waals surface area contributed by atoms with Crippen molar-refractivity contribution in [3.63, 3.8) is 0 Å². The van der Waals surface area contributed by atoms with E-state index in [2.05, 4.69) is 4.98 Å². The number of imidazole rings is 1. The Morgan fingerprint density at radius 1 is 1.55 bits per heavy atom. The predicted octanol–water partition coefficient (Wildman–Crippen LogP) is 0.492. The minimum absolute atomic E-state index is 0.0254. The number of primary amides is 1. The molecule has 0 spiro atoms. The van der Waals surface area contributed by atoms with Crippen LogP contribution in [0.3, 0.4) is 0 Å². The molecule has 1 amide bonds. The molecule has 0 aliphatic heterocycles. The molecule has 1 aromatic heterocycles. The van der Waals surface area contributed by atoms with Crippen molar-refractivity contribution >= 4 is 27.5 Å². The van der Waals surface area contributed by atoms with Crippen molar-refractivity contribution in [3.8, 4) is 0 Å². The third kappa shape index (κ3) is 2.82. The Bertz CT molecular complexity index is 607. The Kier molecular flexibility index (Phi) is 4.36. The van der Waals surface area contributed by atoms with E-state index in [1.807, 2.05) is 0 Å². The zero-order valence-corrected chi connectivity index (χ0v) is 12.7. The third-order valence-electron chi connectivity index (χ3n) is 3.43. The van der Waals surface area contributed by atoms with Gasteiger partial charge < -0.3 is 10.3 Å². The van der Waals surface area contributed by atoms with Gasteiger partial charge in [0.05, 0.1) is 12.9 Å². The van der Waals surface area contributed by atoms with Crippen LogP contribution >= 0.6 is 11.6 Å². The van der Waals surface area contributed by atoms with Gasteiger partial charge in [-0.2, -0.15) is 4.31 Å². The highest BCUT2D eigenvalue weighted by Crippen LogP contribution is 2.30. The highest BCUT2D eigenvalue weighted by atomic mass is 35.5. The molecule has 1 aliphatic rings. The van der Waals surface area contributed by atoms with Gasteiger partial charge in [0.1, 0.15) is 5.15 Å². The Morgan fingerprint density at radius 2 is 2.15 bits per heavy atom. The number of rotatable bonds is 5. The molecule has 1 saturated carbocycles. The molecule has 1 fully saturated rings. The number of nitrogens with two attached hydrogens (primary N) is 1. The van der Waals surface area contributed by atoms with Crippen molar-refractivity contribution < 1.29 is 13.2 Å². The number of amides is 1. The second-order valence-electron chi connectivity index (χ2n) is 4.91. The summed E-state index contributed by atoms with van der Waals surface area (Å²) in [6.07, 6.45) is 4.64. The lowest BCUT2D eigenvalue weighted by Gasteiger charge is -2.25. The first-order chi connectivity index (χ1) is 9.34. The summed E-state index contributed by atoms with van der Waals surface area (Å²) in [5, 5.41) is -0.202. The van der Waals surface area contributed by atoms with E-state index in [1.54, 1.807) is 7.05 Å². The standard InChI is InChI=1S/C11H17ClN4O3S/c1-15-7-14-11(10(15)12)20(18,19)16(6-9(13)17)8-4-2-3-5-8/h7-8H,2-6H2,1H3,(H2,13,17). The summed E-state index contributed by atoms with van der Waals surface area (Å²) in [5.41, 5.74) is 5.18. The topological polar surface area (TPSA) is 98.3 Å². The van der Waals surface area contributed by atoms with Crippen LogP contribution in [0.5, 0.6) is 0 Å². The Hall–Kier alpha value is -1.12. The van der Waals surface area contributed by atoms with Crippen LogP contribution in [-0.4, -0.2) is 40.8 Å². The van der Waals surface area contributed by atoms with Gasteiger partial charge in [0, 0.05) is 13.1 Å². The first kappa shape index (κ1) is 15.3. The van der Waals surface area contributed by atoms with Crippen LogP contribution in [-0.2, 0) is 21.9 Å². The Balaban J connectivity index is 2.40. The quantitative estimate of drug-likeness (QED) is 0.853. The minimum Gasteiger partial charge on any atom is -0.369 e. The Morgan fingerprint density at radius 3 is 2.60 bits per heavy atom. The molecule has 1 heterocycles. The van der Waals surface area contributed by atoms with Crippen molar-refractivity contribution in [2.45, 2.75) is 36.8 Å². The molecule has 9 heteroatoms. The Labute approximate surface area is 122 Å². The minimum atomic E-state index is -3.92. The van der Waals surface area contributed by atoms with Crippen LogP contribution < -0.4 is 5.73 Å². The number of sulfonamides is 1. The number of carbonyl (C=O) groups is 1. The van der Waals surface area contributed by atoms with Crippen LogP contribution in [0, 0.1) is 0 Å². The summed E-state index contributed by atoms with van der Waals surface area (Å²) in [6.45, 7) is -0.347. The smallest absolute Gasteiger partial charge is 0.264 e. The lowest BCUT2D eigenvalue weighted by Crippen LogP contribution is -2.44. The summed E-state index contributed by atoms with van der Waals surface area (Å²) < 4.78 is 27.8. The number of hydrogen-bond donors (Lipinski definition) is 1.